The fourth-order valence-corrected chi connectivity index (χ4v) is 1.54. The molecular formula is C13H18O. The first kappa shape index (κ1) is 11.0. The molecule has 0 spiro atoms. The van der Waals surface area contributed by atoms with Crippen molar-refractivity contribution >= 4 is 5.78 Å². The first-order valence-corrected chi connectivity index (χ1v) is 5.38. The third-order valence-electron chi connectivity index (χ3n) is 2.29. The van der Waals surface area contributed by atoms with Crippen LogP contribution in [0.5, 0.6) is 0 Å². The Hall–Kier alpha value is -1.11. The summed E-state index contributed by atoms with van der Waals surface area (Å²) in [5.41, 5.74) is 1.33. The molecule has 76 valence electrons. The van der Waals surface area contributed by atoms with E-state index in [0.717, 1.165) is 32.1 Å². The predicted octanol–water partition coefficient (Wildman–Crippen LogP) is 3.38. The van der Waals surface area contributed by atoms with Crippen LogP contribution >= 0.6 is 0 Å². The van der Waals surface area contributed by atoms with Crippen LogP contribution in [0, 0.1) is 0 Å². The second-order valence-electron chi connectivity index (χ2n) is 3.63. The molecule has 0 radical (unpaired) electrons. The second-order valence-corrected chi connectivity index (χ2v) is 3.63. The van der Waals surface area contributed by atoms with E-state index in [9.17, 15) is 4.79 Å². The van der Waals surface area contributed by atoms with Gasteiger partial charge in [-0.2, -0.15) is 0 Å². The zero-order valence-electron chi connectivity index (χ0n) is 8.83. The summed E-state index contributed by atoms with van der Waals surface area (Å²) in [5.74, 6) is 0.406. The van der Waals surface area contributed by atoms with Crippen molar-refractivity contribution in [2.24, 2.45) is 0 Å². The highest BCUT2D eigenvalue weighted by Crippen LogP contribution is 2.06. The molecule has 0 unspecified atom stereocenters. The quantitative estimate of drug-likeness (QED) is 0.672. The maximum absolute atomic E-state index is 11.2. The van der Waals surface area contributed by atoms with Crippen LogP contribution in [-0.2, 0) is 11.2 Å². The van der Waals surface area contributed by atoms with E-state index in [4.69, 9.17) is 0 Å². The third kappa shape index (κ3) is 4.22. The summed E-state index contributed by atoms with van der Waals surface area (Å²) in [6.07, 6.45) is 4.47. The van der Waals surface area contributed by atoms with E-state index >= 15 is 0 Å². The molecule has 1 nitrogen and oxygen atoms in total. The van der Waals surface area contributed by atoms with Gasteiger partial charge in [0.25, 0.3) is 0 Å². The minimum atomic E-state index is 0.406. The highest BCUT2D eigenvalue weighted by atomic mass is 16.1. The van der Waals surface area contributed by atoms with E-state index < -0.39 is 0 Å². The molecular weight excluding hydrogens is 172 g/mol. The highest BCUT2D eigenvalue weighted by molar-refractivity contribution is 5.78. The van der Waals surface area contributed by atoms with Crippen LogP contribution in [0.3, 0.4) is 0 Å². The smallest absolute Gasteiger partial charge is 0.132 e. The molecule has 14 heavy (non-hydrogen) atoms. The summed E-state index contributed by atoms with van der Waals surface area (Å²) < 4.78 is 0. The monoisotopic (exact) mass is 190 g/mol. The summed E-state index contributed by atoms with van der Waals surface area (Å²) >= 11 is 0. The Balaban J connectivity index is 2.19. The molecule has 0 N–H and O–H groups in total. The van der Waals surface area contributed by atoms with Gasteiger partial charge in [0.15, 0.2) is 0 Å². The molecule has 0 aliphatic carbocycles. The van der Waals surface area contributed by atoms with Crippen molar-refractivity contribution in [1.82, 2.24) is 0 Å². The molecule has 1 rings (SSSR count). The molecule has 1 heteroatoms. The first-order chi connectivity index (χ1) is 6.83. The SMILES string of the molecule is CCCC(=O)CCCc1ccccc1. The number of hydrogen-bond donors (Lipinski definition) is 0. The lowest BCUT2D eigenvalue weighted by molar-refractivity contribution is -0.119. The minimum absolute atomic E-state index is 0.406. The van der Waals surface area contributed by atoms with Crippen molar-refractivity contribution in [2.75, 3.05) is 0 Å². The van der Waals surface area contributed by atoms with E-state index in [2.05, 4.69) is 19.1 Å². The predicted molar refractivity (Wildman–Crippen MR) is 59.3 cm³/mol. The first-order valence-electron chi connectivity index (χ1n) is 5.38. The lowest BCUT2D eigenvalue weighted by Gasteiger charge is -2.00. The number of rotatable bonds is 6. The van der Waals surface area contributed by atoms with Gasteiger partial charge < -0.3 is 0 Å². The van der Waals surface area contributed by atoms with Gasteiger partial charge in [0.1, 0.15) is 5.78 Å². The third-order valence-corrected chi connectivity index (χ3v) is 2.29. The Morgan fingerprint density at radius 3 is 2.50 bits per heavy atom. The largest absolute Gasteiger partial charge is 0.300 e. The van der Waals surface area contributed by atoms with Crippen LogP contribution in [0.1, 0.15) is 38.2 Å². The van der Waals surface area contributed by atoms with Crippen LogP contribution < -0.4 is 0 Å². The number of Topliss-reactive ketones (excluding diaryl/α,β-unsaturated/α-hetero) is 1. The van der Waals surface area contributed by atoms with Crippen molar-refractivity contribution in [3.63, 3.8) is 0 Å². The van der Waals surface area contributed by atoms with Gasteiger partial charge in [-0.25, -0.2) is 0 Å². The highest BCUT2D eigenvalue weighted by Gasteiger charge is 1.99. The number of hydrogen-bond acceptors (Lipinski definition) is 1. The summed E-state index contributed by atoms with van der Waals surface area (Å²) in [7, 11) is 0. The number of ketones is 1. The van der Waals surface area contributed by atoms with Gasteiger partial charge in [-0.1, -0.05) is 37.3 Å². The van der Waals surface area contributed by atoms with Crippen LogP contribution in [0.25, 0.3) is 0 Å². The van der Waals surface area contributed by atoms with Gasteiger partial charge >= 0.3 is 0 Å². The van der Waals surface area contributed by atoms with Crippen LogP contribution in [0.15, 0.2) is 30.3 Å². The molecule has 0 aliphatic rings. The fourth-order valence-electron chi connectivity index (χ4n) is 1.54. The molecule has 0 heterocycles. The summed E-state index contributed by atoms with van der Waals surface area (Å²) in [6, 6.07) is 10.3. The van der Waals surface area contributed by atoms with E-state index in [1.165, 1.54) is 5.56 Å². The molecule has 0 atom stereocenters. The van der Waals surface area contributed by atoms with Crippen molar-refractivity contribution < 1.29 is 4.79 Å². The van der Waals surface area contributed by atoms with Gasteiger partial charge in [-0.15, -0.1) is 0 Å². The maximum Gasteiger partial charge on any atom is 0.132 e. The molecule has 0 saturated heterocycles. The lowest BCUT2D eigenvalue weighted by atomic mass is 10.1. The molecule has 0 bridgehead atoms. The molecule has 1 aromatic carbocycles. The topological polar surface area (TPSA) is 17.1 Å². The van der Waals surface area contributed by atoms with Gasteiger partial charge in [-0.3, -0.25) is 4.79 Å². The number of carbonyl (C=O) groups is 1. The van der Waals surface area contributed by atoms with Gasteiger partial charge in [-0.05, 0) is 24.8 Å². The average Bonchev–Trinajstić information content (AvgIpc) is 2.20. The molecule has 1 aromatic rings. The minimum Gasteiger partial charge on any atom is -0.300 e. The summed E-state index contributed by atoms with van der Waals surface area (Å²) in [6.45, 7) is 2.05. The Bertz CT molecular complexity index is 264. The van der Waals surface area contributed by atoms with Gasteiger partial charge in [0.2, 0.25) is 0 Å². The zero-order valence-corrected chi connectivity index (χ0v) is 8.83. The Labute approximate surface area is 86.1 Å². The molecule has 0 aromatic heterocycles. The second kappa shape index (κ2) is 6.36. The van der Waals surface area contributed by atoms with Crippen molar-refractivity contribution in [3.8, 4) is 0 Å². The number of carbonyl (C=O) groups excluding carboxylic acids is 1. The van der Waals surface area contributed by atoms with Gasteiger partial charge in [0, 0.05) is 12.8 Å². The summed E-state index contributed by atoms with van der Waals surface area (Å²) in [4.78, 5) is 11.2. The standard InChI is InChI=1S/C13H18O/c1-2-7-13(14)11-6-10-12-8-4-3-5-9-12/h3-5,8-9H,2,6-7,10-11H2,1H3. The lowest BCUT2D eigenvalue weighted by Crippen LogP contribution is -1.97. The number of benzene rings is 1. The molecule has 0 fully saturated rings. The van der Waals surface area contributed by atoms with Crippen LogP contribution in [0.4, 0.5) is 0 Å². The van der Waals surface area contributed by atoms with Crippen molar-refractivity contribution in [2.45, 2.75) is 39.0 Å². The van der Waals surface area contributed by atoms with Crippen molar-refractivity contribution in [3.05, 3.63) is 35.9 Å². The van der Waals surface area contributed by atoms with E-state index in [-0.39, 0.29) is 0 Å². The molecule has 0 amide bonds. The van der Waals surface area contributed by atoms with Crippen molar-refractivity contribution in [1.29, 1.82) is 0 Å². The Morgan fingerprint density at radius 2 is 1.86 bits per heavy atom. The average molecular weight is 190 g/mol. The Kier molecular flexibility index (Phi) is 4.98. The van der Waals surface area contributed by atoms with Gasteiger partial charge in [0.05, 0.1) is 0 Å². The molecule has 0 aliphatic heterocycles. The van der Waals surface area contributed by atoms with E-state index in [0.29, 0.717) is 5.78 Å². The Morgan fingerprint density at radius 1 is 1.14 bits per heavy atom. The zero-order chi connectivity index (χ0) is 10.2. The fraction of sp³-hybridized carbons (Fsp3) is 0.462. The van der Waals surface area contributed by atoms with Crippen LogP contribution in [-0.4, -0.2) is 5.78 Å². The normalized spacial score (nSPS) is 10.1. The molecule has 0 saturated carbocycles. The van der Waals surface area contributed by atoms with E-state index in [1.807, 2.05) is 18.2 Å². The maximum atomic E-state index is 11.2. The summed E-state index contributed by atoms with van der Waals surface area (Å²) in [5, 5.41) is 0. The van der Waals surface area contributed by atoms with Crippen LogP contribution in [0.2, 0.25) is 0 Å². The van der Waals surface area contributed by atoms with E-state index in [1.54, 1.807) is 0 Å². The number of aryl methyl sites for hydroxylation is 1.